The number of unbranched alkanes of at least 4 members (excludes halogenated alkanes) is 1. The fraction of sp³-hybridized carbons (Fsp3) is 0.321. The van der Waals surface area contributed by atoms with Crippen molar-refractivity contribution < 1.29 is 24.1 Å². The van der Waals surface area contributed by atoms with Gasteiger partial charge < -0.3 is 24.6 Å². The predicted molar refractivity (Wildman–Crippen MR) is 132 cm³/mol. The van der Waals surface area contributed by atoms with Gasteiger partial charge >= 0.3 is 0 Å². The van der Waals surface area contributed by atoms with Crippen LogP contribution in [0.25, 0.3) is 0 Å². The molecular weight excluding hydrogens is 430 g/mol. The van der Waals surface area contributed by atoms with Gasteiger partial charge in [-0.3, -0.25) is 4.79 Å². The molecule has 0 spiro atoms. The van der Waals surface area contributed by atoms with Gasteiger partial charge in [-0.05, 0) is 53.8 Å². The number of rotatable bonds is 13. The number of benzene rings is 3. The van der Waals surface area contributed by atoms with E-state index < -0.39 is 5.60 Å². The van der Waals surface area contributed by atoms with Gasteiger partial charge in [0.15, 0.2) is 0 Å². The van der Waals surface area contributed by atoms with E-state index in [0.717, 1.165) is 41.0 Å². The molecule has 0 fully saturated rings. The van der Waals surface area contributed by atoms with Crippen molar-refractivity contribution in [2.75, 3.05) is 34.0 Å². The highest BCUT2D eigenvalue weighted by Gasteiger charge is 2.37. The Hall–Kier alpha value is -3.35. The lowest BCUT2D eigenvalue weighted by Gasteiger charge is -2.36. The van der Waals surface area contributed by atoms with Crippen molar-refractivity contribution in [2.45, 2.75) is 24.9 Å². The molecule has 2 N–H and O–H groups in total. The first-order chi connectivity index (χ1) is 16.6. The second-order valence-corrected chi connectivity index (χ2v) is 7.88. The molecule has 0 heterocycles. The first kappa shape index (κ1) is 25.3. The summed E-state index contributed by atoms with van der Waals surface area (Å²) in [6.07, 6.45) is 1.66. The summed E-state index contributed by atoms with van der Waals surface area (Å²) in [6.45, 7) is 0.896. The number of hydrogen-bond acceptors (Lipinski definition) is 5. The molecule has 0 atom stereocenters. The van der Waals surface area contributed by atoms with Crippen LogP contribution in [0.5, 0.6) is 11.5 Å². The summed E-state index contributed by atoms with van der Waals surface area (Å²) in [5.74, 6) is 1.41. The molecule has 0 saturated heterocycles. The highest BCUT2D eigenvalue weighted by molar-refractivity contribution is 5.75. The first-order valence-electron chi connectivity index (χ1n) is 11.5. The van der Waals surface area contributed by atoms with Crippen LogP contribution in [-0.4, -0.2) is 45.0 Å². The Morgan fingerprint density at radius 1 is 0.794 bits per heavy atom. The molecule has 34 heavy (non-hydrogen) atoms. The molecule has 3 aromatic carbocycles. The summed E-state index contributed by atoms with van der Waals surface area (Å²) < 4.78 is 17.5. The molecule has 3 rings (SSSR count). The lowest BCUT2D eigenvalue weighted by molar-refractivity contribution is -0.121. The van der Waals surface area contributed by atoms with E-state index in [1.165, 1.54) is 0 Å². The van der Waals surface area contributed by atoms with Gasteiger partial charge in [0.05, 0.1) is 20.8 Å². The Morgan fingerprint density at radius 2 is 1.32 bits per heavy atom. The van der Waals surface area contributed by atoms with Gasteiger partial charge in [0.1, 0.15) is 17.1 Å². The molecule has 0 radical (unpaired) electrons. The highest BCUT2D eigenvalue weighted by atomic mass is 16.5. The maximum Gasteiger partial charge on any atom is 0.222 e. The fourth-order valence-corrected chi connectivity index (χ4v) is 3.94. The van der Waals surface area contributed by atoms with Crippen molar-refractivity contribution in [1.29, 1.82) is 0 Å². The summed E-state index contributed by atoms with van der Waals surface area (Å²) in [4.78, 5) is 11.6. The van der Waals surface area contributed by atoms with E-state index in [0.29, 0.717) is 13.2 Å². The molecule has 1 amide bonds. The Morgan fingerprint density at radius 3 is 1.82 bits per heavy atom. The number of hydrogen-bond donors (Lipinski definition) is 2. The number of aliphatic hydroxyl groups excluding tert-OH is 1. The van der Waals surface area contributed by atoms with Crippen LogP contribution in [-0.2, 0) is 15.1 Å². The van der Waals surface area contributed by atoms with Gasteiger partial charge in [0, 0.05) is 19.6 Å². The smallest absolute Gasteiger partial charge is 0.222 e. The van der Waals surface area contributed by atoms with Gasteiger partial charge in [-0.2, -0.15) is 0 Å². The largest absolute Gasteiger partial charge is 0.497 e. The molecule has 0 aromatic heterocycles. The number of carbonyl (C=O) groups excluding carboxylic acids is 1. The third kappa shape index (κ3) is 6.16. The van der Waals surface area contributed by atoms with E-state index in [1.807, 2.05) is 66.7 Å². The van der Waals surface area contributed by atoms with Gasteiger partial charge in [-0.15, -0.1) is 0 Å². The van der Waals surface area contributed by atoms with Crippen molar-refractivity contribution in [3.63, 3.8) is 0 Å². The van der Waals surface area contributed by atoms with Crippen molar-refractivity contribution >= 4 is 5.91 Å². The van der Waals surface area contributed by atoms with Crippen LogP contribution in [0.15, 0.2) is 78.9 Å². The Labute approximate surface area is 201 Å². The van der Waals surface area contributed by atoms with Crippen LogP contribution >= 0.6 is 0 Å². The quantitative estimate of drug-likeness (QED) is 0.292. The minimum absolute atomic E-state index is 0.128. The number of methoxy groups -OCH3 is 2. The van der Waals surface area contributed by atoms with Crippen LogP contribution in [0.2, 0.25) is 0 Å². The normalized spacial score (nSPS) is 11.1. The summed E-state index contributed by atoms with van der Waals surface area (Å²) >= 11 is 0. The number of ether oxygens (including phenoxy) is 3. The Balaban J connectivity index is 1.92. The zero-order valence-electron chi connectivity index (χ0n) is 19.8. The minimum Gasteiger partial charge on any atom is -0.497 e. The second kappa shape index (κ2) is 12.8. The highest BCUT2D eigenvalue weighted by Crippen LogP contribution is 2.41. The lowest BCUT2D eigenvalue weighted by Crippen LogP contribution is -2.33. The topological polar surface area (TPSA) is 77.0 Å². The molecule has 6 nitrogen and oxygen atoms in total. The van der Waals surface area contributed by atoms with Crippen molar-refractivity contribution in [3.05, 3.63) is 95.6 Å². The van der Waals surface area contributed by atoms with Gasteiger partial charge in [-0.1, -0.05) is 54.6 Å². The molecule has 0 saturated carbocycles. The number of nitrogens with one attached hydrogen (secondary N) is 1. The van der Waals surface area contributed by atoms with E-state index in [2.05, 4.69) is 17.4 Å². The van der Waals surface area contributed by atoms with Crippen LogP contribution in [0.1, 0.15) is 36.0 Å². The van der Waals surface area contributed by atoms with Crippen molar-refractivity contribution in [3.8, 4) is 11.5 Å². The fourth-order valence-electron chi connectivity index (χ4n) is 3.94. The van der Waals surface area contributed by atoms with Gasteiger partial charge in [0.2, 0.25) is 5.91 Å². The van der Waals surface area contributed by atoms with Crippen LogP contribution < -0.4 is 14.8 Å². The molecule has 3 aromatic rings. The monoisotopic (exact) mass is 463 g/mol. The van der Waals surface area contributed by atoms with Crippen LogP contribution in [0.4, 0.5) is 0 Å². The second-order valence-electron chi connectivity index (χ2n) is 7.88. The summed E-state index contributed by atoms with van der Waals surface area (Å²) in [6, 6.07) is 26.1. The SMILES string of the molecule is COc1ccc(C(OCCCCNC(=O)CCO)(c2ccccc2)c2ccc(OC)cc2)cc1. The number of carbonyl (C=O) groups is 1. The predicted octanol–water partition coefficient (Wildman–Crippen LogP) is 4.29. The van der Waals surface area contributed by atoms with E-state index in [4.69, 9.17) is 19.3 Å². The Kier molecular flexibility index (Phi) is 9.50. The average molecular weight is 464 g/mol. The molecule has 0 aliphatic heterocycles. The summed E-state index contributed by atoms with van der Waals surface area (Å²) in [7, 11) is 3.30. The third-order valence-electron chi connectivity index (χ3n) is 5.72. The molecule has 0 aliphatic carbocycles. The maximum absolute atomic E-state index is 11.6. The van der Waals surface area contributed by atoms with Crippen LogP contribution in [0, 0.1) is 0 Å². The zero-order valence-corrected chi connectivity index (χ0v) is 19.8. The lowest BCUT2D eigenvalue weighted by atomic mass is 9.80. The van der Waals surface area contributed by atoms with Crippen LogP contribution in [0.3, 0.4) is 0 Å². The minimum atomic E-state index is -0.833. The molecule has 0 unspecified atom stereocenters. The summed E-state index contributed by atoms with van der Waals surface area (Å²) in [5.41, 5.74) is 2.16. The van der Waals surface area contributed by atoms with E-state index >= 15 is 0 Å². The van der Waals surface area contributed by atoms with E-state index in [-0.39, 0.29) is 18.9 Å². The first-order valence-corrected chi connectivity index (χ1v) is 11.5. The van der Waals surface area contributed by atoms with Gasteiger partial charge in [-0.25, -0.2) is 0 Å². The number of amides is 1. The molecule has 0 bridgehead atoms. The third-order valence-corrected chi connectivity index (χ3v) is 5.72. The molecule has 180 valence electrons. The maximum atomic E-state index is 11.6. The molecule has 6 heteroatoms. The Bertz CT molecular complexity index is 956. The number of aliphatic hydroxyl groups is 1. The summed E-state index contributed by atoms with van der Waals surface area (Å²) in [5, 5.41) is 11.7. The van der Waals surface area contributed by atoms with E-state index in [1.54, 1.807) is 14.2 Å². The zero-order chi connectivity index (χ0) is 24.2. The van der Waals surface area contributed by atoms with Gasteiger partial charge in [0.25, 0.3) is 0 Å². The molecule has 0 aliphatic rings. The average Bonchev–Trinajstić information content (AvgIpc) is 2.89. The van der Waals surface area contributed by atoms with Crippen molar-refractivity contribution in [2.24, 2.45) is 0 Å². The molecular formula is C28H33NO5. The standard InChI is InChI=1S/C28H33NO5/c1-32-25-14-10-23(11-15-25)28(22-8-4-3-5-9-22,24-12-16-26(33-2)17-13-24)34-21-7-6-19-29-27(31)18-20-30/h3-5,8-17,30H,6-7,18-21H2,1-2H3,(H,29,31). The van der Waals surface area contributed by atoms with E-state index in [9.17, 15) is 4.79 Å². The van der Waals surface area contributed by atoms with Crippen molar-refractivity contribution in [1.82, 2.24) is 5.32 Å².